The largest absolute Gasteiger partial charge is 0.456 e. The van der Waals surface area contributed by atoms with Crippen LogP contribution in [0.2, 0.25) is 0 Å². The molecule has 1 heteroatoms. The molecule has 8 aromatic carbocycles. The summed E-state index contributed by atoms with van der Waals surface area (Å²) < 4.78 is 246. The van der Waals surface area contributed by atoms with Crippen molar-refractivity contribution in [2.75, 3.05) is 0 Å². The molecule has 0 N–H and O–H groups in total. The molecule has 0 atom stereocenters. The normalized spacial score (nSPS) is 20.0. The van der Waals surface area contributed by atoms with E-state index in [0.717, 1.165) is 6.07 Å². The summed E-state index contributed by atoms with van der Waals surface area (Å²) in [5.74, 6) is 0. The lowest BCUT2D eigenvalue weighted by molar-refractivity contribution is 0.669. The van der Waals surface area contributed by atoms with Crippen molar-refractivity contribution in [2.24, 2.45) is 0 Å². The van der Waals surface area contributed by atoms with Gasteiger partial charge in [0.25, 0.3) is 0 Å². The first kappa shape index (κ1) is 10.3. The Balaban J connectivity index is 1.53. The van der Waals surface area contributed by atoms with Gasteiger partial charge in [0.2, 0.25) is 0 Å². The zero-order chi connectivity index (χ0) is 53.2. The van der Waals surface area contributed by atoms with Gasteiger partial charge in [0.15, 0.2) is 0 Å². The summed E-state index contributed by atoms with van der Waals surface area (Å²) in [6.07, 6.45) is 0. The number of benzene rings is 8. The van der Waals surface area contributed by atoms with Crippen molar-refractivity contribution in [3.8, 4) is 44.5 Å². The molecule has 0 aliphatic rings. The van der Waals surface area contributed by atoms with Gasteiger partial charge >= 0.3 is 0 Å². The lowest BCUT2D eigenvalue weighted by atomic mass is 9.85. The molecule has 0 aliphatic carbocycles. The summed E-state index contributed by atoms with van der Waals surface area (Å²) in [6, 6.07) is -23.2. The molecule has 9 rings (SSSR count). The fourth-order valence-corrected chi connectivity index (χ4v) is 5.15. The molecule has 0 amide bonds. The van der Waals surface area contributed by atoms with Gasteiger partial charge in [-0.2, -0.15) is 0 Å². The molecule has 0 bridgehead atoms. The zero-order valence-corrected chi connectivity index (χ0v) is 22.5. The number of furan rings is 1. The highest BCUT2D eigenvalue weighted by Crippen LogP contribution is 2.45. The van der Waals surface area contributed by atoms with E-state index in [1.54, 1.807) is 0 Å². The smallest absolute Gasteiger partial charge is 0.135 e. The maximum absolute atomic E-state index is 9.82. The van der Waals surface area contributed by atoms with E-state index in [1.165, 1.54) is 0 Å². The summed E-state index contributed by atoms with van der Waals surface area (Å²) in [5, 5.41) is -3.86. The van der Waals surface area contributed by atoms with E-state index in [0.29, 0.717) is 0 Å². The van der Waals surface area contributed by atoms with Gasteiger partial charge in [0.05, 0.1) is 37.0 Å². The first-order valence-corrected chi connectivity index (χ1v) is 13.2. The van der Waals surface area contributed by atoms with Crippen LogP contribution in [0.1, 0.15) is 37.0 Å². The fraction of sp³-hybridized carbons (Fsp3) is 0. The molecule has 1 heterocycles. The highest BCUT2D eigenvalue weighted by molar-refractivity contribution is 6.22. The van der Waals surface area contributed by atoms with Crippen LogP contribution in [0, 0.1) is 0 Å². The molecule has 1 aromatic heterocycles. The van der Waals surface area contributed by atoms with E-state index in [2.05, 4.69) is 0 Å². The van der Waals surface area contributed by atoms with Gasteiger partial charge in [-0.25, -0.2) is 0 Å². The fourth-order valence-electron chi connectivity index (χ4n) is 5.15. The van der Waals surface area contributed by atoms with E-state index in [4.69, 9.17) is 27.7 Å². The minimum absolute atomic E-state index is 0.407. The van der Waals surface area contributed by atoms with Crippen molar-refractivity contribution in [3.05, 3.63) is 169 Å². The van der Waals surface area contributed by atoms with Crippen molar-refractivity contribution in [1.29, 1.82) is 0 Å². The molecule has 0 unspecified atom stereocenters. The zero-order valence-electron chi connectivity index (χ0n) is 49.5. The lowest BCUT2D eigenvalue weighted by Crippen LogP contribution is -1.91. The molecule has 0 fully saturated rings. The topological polar surface area (TPSA) is 13.1 Å². The van der Waals surface area contributed by atoms with Gasteiger partial charge in [-0.1, -0.05) is 145 Å². The van der Waals surface area contributed by atoms with E-state index < -0.39 is 251 Å². The maximum atomic E-state index is 9.82. The predicted octanol–water partition coefficient (Wildman–Crippen LogP) is 12.6. The van der Waals surface area contributed by atoms with E-state index in [1.807, 2.05) is 0 Å². The predicted molar refractivity (Wildman–Crippen MR) is 190 cm³/mol. The van der Waals surface area contributed by atoms with Gasteiger partial charge in [-0.3, -0.25) is 0 Å². The van der Waals surface area contributed by atoms with E-state index in [-0.39, 0.29) is 0 Å². The molecule has 0 saturated heterocycles. The minimum atomic E-state index is -1.06. The van der Waals surface area contributed by atoms with Crippen molar-refractivity contribution in [1.82, 2.24) is 0 Å². The Morgan fingerprint density at radius 2 is 0.711 bits per heavy atom. The molecule has 9 aromatic rings. The third kappa shape index (κ3) is 4.24. The third-order valence-electron chi connectivity index (χ3n) is 7.09. The molecule has 0 saturated carbocycles. The first-order valence-electron chi connectivity index (χ1n) is 26.7. The quantitative estimate of drug-likeness (QED) is 0.183. The minimum Gasteiger partial charge on any atom is -0.456 e. The van der Waals surface area contributed by atoms with Crippen LogP contribution in [0.5, 0.6) is 0 Å². The molecule has 0 spiro atoms. The van der Waals surface area contributed by atoms with Crippen LogP contribution in [-0.2, 0) is 0 Å². The van der Waals surface area contributed by atoms with Crippen LogP contribution in [0.15, 0.2) is 174 Å². The SMILES string of the molecule is [2H]c1c([2H])c([2H])c(-c2cc([2H])c3oc4c([2H])c([2H])c(-c5c6c([2H])c([2H])c([2H])c([2H])c6c(-c6c([2H])c([2H])c(-c7c([2H])c([2H])c([2H])c([2H])c7[2H])c([2H])c6[2H])c6c([2H])c([2H])c([2H])c([2H])c56)c([2H])c4c3c2[2H])c([2H])c1[2H]. The van der Waals surface area contributed by atoms with Gasteiger partial charge in [-0.15, -0.1) is 0 Å². The summed E-state index contributed by atoms with van der Waals surface area (Å²) in [4.78, 5) is 0. The summed E-state index contributed by atoms with van der Waals surface area (Å²) in [5.41, 5.74) is -6.51. The molecule has 0 aliphatic heterocycles. The summed E-state index contributed by atoms with van der Waals surface area (Å²) in [6.45, 7) is 0. The van der Waals surface area contributed by atoms with Gasteiger partial charge in [0.1, 0.15) is 11.2 Å². The van der Waals surface area contributed by atoms with Crippen LogP contribution < -0.4 is 0 Å². The average molecular weight is 600 g/mol. The second-order valence-electron chi connectivity index (χ2n) is 9.59. The highest BCUT2D eigenvalue weighted by Gasteiger charge is 2.18. The second kappa shape index (κ2) is 10.4. The highest BCUT2D eigenvalue weighted by atomic mass is 16.3. The van der Waals surface area contributed by atoms with E-state index >= 15 is 0 Å². The Morgan fingerprint density at radius 3 is 1.29 bits per heavy atom. The molecule has 1 nitrogen and oxygen atoms in total. The standard InChI is InChI=1S/C44H28O/c1-3-11-29(12-4-1)31-19-21-32(22-20-31)43-35-15-7-9-17-37(35)44(38-18-10-8-16-36(38)43)34-24-26-42-40(28-34)39-27-33(23-25-41(39)45-42)30-13-5-2-6-14-30/h1-28H/i1D,2D,3D,4D,5D,6D,7D,8D,9D,10D,11D,12D,13D,14D,15D,16D,17D,18D,19D,20D,21D,22D,24D,25D,26D,27D,28D. The summed E-state index contributed by atoms with van der Waals surface area (Å²) in [7, 11) is 0. The Hall–Kier alpha value is -5.92. The Kier molecular flexibility index (Phi) is 2.38. The van der Waals surface area contributed by atoms with Crippen molar-refractivity contribution < 1.29 is 41.4 Å². The van der Waals surface area contributed by atoms with Crippen LogP contribution in [0.3, 0.4) is 0 Å². The second-order valence-corrected chi connectivity index (χ2v) is 9.59. The van der Waals surface area contributed by atoms with Crippen LogP contribution in [0.25, 0.3) is 88.0 Å². The monoisotopic (exact) mass is 599 g/mol. The van der Waals surface area contributed by atoms with Gasteiger partial charge in [0, 0.05) is 10.8 Å². The summed E-state index contributed by atoms with van der Waals surface area (Å²) >= 11 is 0. The van der Waals surface area contributed by atoms with Crippen molar-refractivity contribution >= 4 is 43.5 Å². The van der Waals surface area contributed by atoms with Crippen molar-refractivity contribution in [2.45, 2.75) is 0 Å². The number of fused-ring (bicyclic) bond motifs is 5. The molecule has 210 valence electrons. The van der Waals surface area contributed by atoms with Crippen LogP contribution in [0.4, 0.5) is 0 Å². The Labute approximate surface area is 299 Å². The van der Waals surface area contributed by atoms with Crippen molar-refractivity contribution in [3.63, 3.8) is 0 Å². The average Bonchev–Trinajstić information content (AvgIpc) is 3.77. The van der Waals surface area contributed by atoms with Crippen LogP contribution >= 0.6 is 0 Å². The molecular formula is C44H28O. The molecular weight excluding hydrogens is 544 g/mol. The number of hydrogen-bond acceptors (Lipinski definition) is 1. The van der Waals surface area contributed by atoms with Gasteiger partial charge < -0.3 is 4.42 Å². The van der Waals surface area contributed by atoms with Gasteiger partial charge in [-0.05, 0) is 90.2 Å². The molecule has 45 heavy (non-hydrogen) atoms. The van der Waals surface area contributed by atoms with E-state index in [9.17, 15) is 13.7 Å². The maximum Gasteiger partial charge on any atom is 0.135 e. The molecule has 0 radical (unpaired) electrons. The first-order chi connectivity index (χ1) is 33.6. The third-order valence-corrected chi connectivity index (χ3v) is 7.09. The Morgan fingerprint density at radius 1 is 0.311 bits per heavy atom. The van der Waals surface area contributed by atoms with Crippen LogP contribution in [-0.4, -0.2) is 0 Å². The lowest BCUT2D eigenvalue weighted by Gasteiger charge is -2.18. The number of rotatable bonds is 4. The Bertz CT molecular complexity index is 3890. The number of hydrogen-bond donors (Lipinski definition) is 0.